The molecule has 0 saturated carbocycles. The smallest absolute Gasteiger partial charge is 0.238 e. The molecule has 0 aliphatic carbocycles. The number of anilines is 3. The minimum Gasteiger partial charge on any atom is -0.492 e. The molecule has 9 nitrogen and oxygen atoms in total. The minimum atomic E-state index is -0.0507. The predicted molar refractivity (Wildman–Crippen MR) is 136 cm³/mol. The Morgan fingerprint density at radius 2 is 1.82 bits per heavy atom. The van der Waals surface area contributed by atoms with Crippen molar-refractivity contribution in [1.82, 2.24) is 9.88 Å². The molecule has 1 amide bonds. The van der Waals surface area contributed by atoms with Gasteiger partial charge in [-0.05, 0) is 20.3 Å². The normalized spacial score (nSPS) is 17.4. The second-order valence-electron chi connectivity index (χ2n) is 8.26. The molecule has 34 heavy (non-hydrogen) atoms. The Morgan fingerprint density at radius 3 is 2.56 bits per heavy atom. The van der Waals surface area contributed by atoms with Gasteiger partial charge in [0.1, 0.15) is 11.5 Å². The zero-order chi connectivity index (χ0) is 23.8. The number of ether oxygens (including phenoxy) is 3. The van der Waals surface area contributed by atoms with Gasteiger partial charge in [-0.2, -0.15) is 0 Å². The van der Waals surface area contributed by atoms with E-state index in [0.717, 1.165) is 62.3 Å². The van der Waals surface area contributed by atoms with E-state index in [1.807, 2.05) is 37.6 Å². The van der Waals surface area contributed by atoms with E-state index in [4.69, 9.17) is 14.2 Å². The number of carbonyl (C=O) groups is 1. The molecule has 2 aliphatic rings. The van der Waals surface area contributed by atoms with Crippen molar-refractivity contribution >= 4 is 33.8 Å². The fourth-order valence-corrected chi connectivity index (χ4v) is 5.03. The van der Waals surface area contributed by atoms with E-state index in [2.05, 4.69) is 25.0 Å². The molecule has 1 aromatic heterocycles. The van der Waals surface area contributed by atoms with Crippen LogP contribution in [0.1, 0.15) is 20.3 Å². The maximum absolute atomic E-state index is 13.0. The first-order valence-corrected chi connectivity index (χ1v) is 13.0. The van der Waals surface area contributed by atoms with Gasteiger partial charge in [0.25, 0.3) is 0 Å². The highest BCUT2D eigenvalue weighted by molar-refractivity contribution is 7.13. The van der Waals surface area contributed by atoms with Gasteiger partial charge in [0.05, 0.1) is 44.3 Å². The molecule has 0 atom stereocenters. The van der Waals surface area contributed by atoms with Crippen LogP contribution in [0, 0.1) is 0 Å². The number of benzene rings is 1. The van der Waals surface area contributed by atoms with Gasteiger partial charge in [-0.1, -0.05) is 0 Å². The summed E-state index contributed by atoms with van der Waals surface area (Å²) >= 11 is 1.66. The van der Waals surface area contributed by atoms with Gasteiger partial charge in [0.15, 0.2) is 5.13 Å². The van der Waals surface area contributed by atoms with E-state index < -0.39 is 0 Å². The van der Waals surface area contributed by atoms with Gasteiger partial charge in [0.2, 0.25) is 5.91 Å². The third kappa shape index (κ3) is 6.31. The molecule has 1 aromatic carbocycles. The fraction of sp³-hybridized carbons (Fsp3) is 0.583. The first kappa shape index (κ1) is 24.6. The van der Waals surface area contributed by atoms with Crippen molar-refractivity contribution in [2.75, 3.05) is 87.4 Å². The Labute approximate surface area is 205 Å². The van der Waals surface area contributed by atoms with Crippen LogP contribution in [0.3, 0.4) is 0 Å². The molecule has 0 unspecified atom stereocenters. The first-order chi connectivity index (χ1) is 16.7. The van der Waals surface area contributed by atoms with Crippen LogP contribution in [0.5, 0.6) is 11.5 Å². The Kier molecular flexibility index (Phi) is 8.84. The van der Waals surface area contributed by atoms with Crippen molar-refractivity contribution < 1.29 is 19.0 Å². The zero-order valence-corrected chi connectivity index (χ0v) is 20.9. The van der Waals surface area contributed by atoms with Gasteiger partial charge < -0.3 is 29.3 Å². The number of nitrogens with one attached hydrogen (secondary N) is 1. The number of aromatic nitrogens is 1. The molecule has 0 spiro atoms. The number of thiazole rings is 1. The molecule has 10 heteroatoms. The summed E-state index contributed by atoms with van der Waals surface area (Å²) in [7, 11) is 0. The highest BCUT2D eigenvalue weighted by Gasteiger charge is 2.22. The minimum absolute atomic E-state index is 0.0507. The quantitative estimate of drug-likeness (QED) is 0.576. The maximum Gasteiger partial charge on any atom is 0.238 e. The zero-order valence-electron chi connectivity index (χ0n) is 20.1. The Balaban J connectivity index is 1.44. The Morgan fingerprint density at radius 1 is 1.03 bits per heavy atom. The van der Waals surface area contributed by atoms with Crippen molar-refractivity contribution in [2.45, 2.75) is 20.3 Å². The molecule has 186 valence electrons. The standard InChI is InChI=1S/C24H35N5O4S/c1-3-32-21-17-20(28-11-13-31-14-12-28)22(33-4-2)16-19(21)26-23(30)18-27-7-5-8-29(10-9-27)24-25-6-15-34-24/h6,15-17H,3-5,7-14,18H2,1-2H3,(H,26,30). The van der Waals surface area contributed by atoms with Crippen LogP contribution in [0.2, 0.25) is 0 Å². The number of hydrogen-bond donors (Lipinski definition) is 1. The van der Waals surface area contributed by atoms with E-state index in [1.165, 1.54) is 0 Å². The van der Waals surface area contributed by atoms with Crippen molar-refractivity contribution in [2.24, 2.45) is 0 Å². The molecule has 0 bridgehead atoms. The molecular weight excluding hydrogens is 454 g/mol. The number of amides is 1. The van der Waals surface area contributed by atoms with Crippen molar-refractivity contribution in [3.63, 3.8) is 0 Å². The molecule has 1 N–H and O–H groups in total. The largest absolute Gasteiger partial charge is 0.492 e. The van der Waals surface area contributed by atoms with Crippen molar-refractivity contribution in [3.8, 4) is 11.5 Å². The first-order valence-electron chi connectivity index (χ1n) is 12.1. The summed E-state index contributed by atoms with van der Waals surface area (Å²) in [5.74, 6) is 1.36. The molecule has 2 saturated heterocycles. The number of morpholine rings is 1. The summed E-state index contributed by atoms with van der Waals surface area (Å²) < 4.78 is 17.4. The number of carbonyl (C=O) groups excluding carboxylic acids is 1. The molecule has 2 fully saturated rings. The average molecular weight is 490 g/mol. The van der Waals surface area contributed by atoms with E-state index in [0.29, 0.717) is 44.4 Å². The third-order valence-corrected chi connectivity index (χ3v) is 6.76. The van der Waals surface area contributed by atoms with Gasteiger partial charge in [-0.25, -0.2) is 4.98 Å². The summed E-state index contributed by atoms with van der Waals surface area (Å²) in [4.78, 5) is 24.2. The number of hydrogen-bond acceptors (Lipinski definition) is 9. The summed E-state index contributed by atoms with van der Waals surface area (Å²) in [5.41, 5.74) is 1.62. The summed E-state index contributed by atoms with van der Waals surface area (Å²) in [6, 6.07) is 3.87. The monoisotopic (exact) mass is 489 g/mol. The SMILES string of the molecule is CCOc1cc(N2CCOCC2)c(OCC)cc1NC(=O)CN1CCCN(c2nccs2)CC1. The van der Waals surface area contributed by atoms with E-state index in [1.54, 1.807) is 11.3 Å². The lowest BCUT2D eigenvalue weighted by atomic mass is 10.2. The summed E-state index contributed by atoms with van der Waals surface area (Å²) in [6.07, 6.45) is 2.84. The van der Waals surface area contributed by atoms with Crippen LogP contribution in [0.25, 0.3) is 0 Å². The Hall–Kier alpha value is -2.56. The third-order valence-electron chi connectivity index (χ3n) is 5.93. The number of nitrogens with zero attached hydrogens (tertiary/aromatic N) is 4. The lowest BCUT2D eigenvalue weighted by Crippen LogP contribution is -2.37. The van der Waals surface area contributed by atoms with E-state index in [9.17, 15) is 4.79 Å². The molecular formula is C24H35N5O4S. The molecule has 2 aliphatic heterocycles. The van der Waals surface area contributed by atoms with Gasteiger partial charge in [-0.3, -0.25) is 9.69 Å². The van der Waals surface area contributed by atoms with Crippen LogP contribution in [0.15, 0.2) is 23.7 Å². The summed E-state index contributed by atoms with van der Waals surface area (Å²) in [6.45, 7) is 11.8. The highest BCUT2D eigenvalue weighted by Crippen LogP contribution is 2.39. The van der Waals surface area contributed by atoms with Crippen molar-refractivity contribution in [3.05, 3.63) is 23.7 Å². The second kappa shape index (κ2) is 12.2. The molecule has 4 rings (SSSR count). The molecule has 0 radical (unpaired) electrons. The lowest BCUT2D eigenvalue weighted by Gasteiger charge is -2.31. The maximum atomic E-state index is 13.0. The molecule has 2 aromatic rings. The average Bonchev–Trinajstić information content (AvgIpc) is 3.28. The van der Waals surface area contributed by atoms with Crippen LogP contribution < -0.4 is 24.6 Å². The van der Waals surface area contributed by atoms with Gasteiger partial charge in [-0.15, -0.1) is 11.3 Å². The molecule has 3 heterocycles. The van der Waals surface area contributed by atoms with Gasteiger partial charge in [0, 0.05) is 63.0 Å². The van der Waals surface area contributed by atoms with Crippen LogP contribution in [-0.2, 0) is 9.53 Å². The van der Waals surface area contributed by atoms with Gasteiger partial charge >= 0.3 is 0 Å². The van der Waals surface area contributed by atoms with Crippen LogP contribution >= 0.6 is 11.3 Å². The van der Waals surface area contributed by atoms with E-state index >= 15 is 0 Å². The Bertz CT molecular complexity index is 920. The second-order valence-corrected chi connectivity index (χ2v) is 9.13. The van der Waals surface area contributed by atoms with E-state index in [-0.39, 0.29) is 5.91 Å². The summed E-state index contributed by atoms with van der Waals surface area (Å²) in [5, 5.41) is 6.13. The highest BCUT2D eigenvalue weighted by atomic mass is 32.1. The lowest BCUT2D eigenvalue weighted by molar-refractivity contribution is -0.117. The predicted octanol–water partition coefficient (Wildman–Crippen LogP) is 2.93. The fourth-order valence-electron chi connectivity index (χ4n) is 4.33. The van der Waals surface area contributed by atoms with Crippen LogP contribution in [0.4, 0.5) is 16.5 Å². The topological polar surface area (TPSA) is 79.4 Å². The van der Waals surface area contributed by atoms with Crippen LogP contribution in [-0.4, -0.2) is 88.0 Å². The van der Waals surface area contributed by atoms with Crippen molar-refractivity contribution in [1.29, 1.82) is 0 Å². The number of rotatable bonds is 9.